The molecule has 0 radical (unpaired) electrons. The number of allylic oxidation sites excluding steroid dienone is 1. The van der Waals surface area contributed by atoms with Gasteiger partial charge in [0.25, 0.3) is 11.7 Å². The van der Waals surface area contributed by atoms with Crippen molar-refractivity contribution in [3.8, 4) is 0 Å². The van der Waals surface area contributed by atoms with Crippen LogP contribution in [0.25, 0.3) is 5.57 Å². The number of benzene rings is 2. The number of hydrogen-bond donors (Lipinski definition) is 1. The number of ketones is 1. The first-order chi connectivity index (χ1) is 10.6. The Balaban J connectivity index is 1.78. The lowest BCUT2D eigenvalue weighted by Crippen LogP contribution is -2.23. The highest BCUT2D eigenvalue weighted by Crippen LogP contribution is 2.28. The molecule has 3 rings (SSSR count). The summed E-state index contributed by atoms with van der Waals surface area (Å²) in [5.41, 5.74) is 5.32. The Hall–Kier alpha value is -2.68. The van der Waals surface area contributed by atoms with Crippen molar-refractivity contribution in [1.82, 2.24) is 0 Å². The van der Waals surface area contributed by atoms with E-state index in [4.69, 9.17) is 0 Å². The molecule has 0 atom stereocenters. The lowest BCUT2D eigenvalue weighted by atomic mass is 10.0. The first-order valence-corrected chi connectivity index (χ1v) is 7.27. The topological polar surface area (TPSA) is 46.2 Å². The van der Waals surface area contributed by atoms with Gasteiger partial charge in [-0.2, -0.15) is 0 Å². The van der Waals surface area contributed by atoms with Crippen LogP contribution in [0.1, 0.15) is 22.3 Å². The zero-order chi connectivity index (χ0) is 15.7. The Kier molecular flexibility index (Phi) is 3.63. The van der Waals surface area contributed by atoms with Crippen molar-refractivity contribution < 1.29 is 9.59 Å². The Morgan fingerprint density at radius 1 is 1.00 bits per heavy atom. The predicted molar refractivity (Wildman–Crippen MR) is 87.7 cm³/mol. The van der Waals surface area contributed by atoms with Gasteiger partial charge in [-0.3, -0.25) is 9.59 Å². The average molecular weight is 291 g/mol. The number of rotatable bonds is 3. The van der Waals surface area contributed by atoms with E-state index in [0.717, 1.165) is 22.3 Å². The van der Waals surface area contributed by atoms with Crippen LogP contribution >= 0.6 is 0 Å². The van der Waals surface area contributed by atoms with Gasteiger partial charge in [0, 0.05) is 11.3 Å². The number of aryl methyl sites for hydroxylation is 2. The molecule has 2 aromatic rings. The summed E-state index contributed by atoms with van der Waals surface area (Å²) in [5.74, 6) is -1.07. The van der Waals surface area contributed by atoms with Crippen molar-refractivity contribution in [2.45, 2.75) is 20.3 Å². The summed E-state index contributed by atoms with van der Waals surface area (Å²) in [5, 5.41) is 2.69. The molecule has 1 aliphatic rings. The van der Waals surface area contributed by atoms with E-state index in [1.165, 1.54) is 0 Å². The molecular formula is C19H17NO2. The third-order valence-electron chi connectivity index (χ3n) is 4.05. The Morgan fingerprint density at radius 3 is 2.55 bits per heavy atom. The second-order valence-corrected chi connectivity index (χ2v) is 5.56. The number of anilines is 1. The van der Waals surface area contributed by atoms with Crippen LogP contribution in [0.4, 0.5) is 5.69 Å². The average Bonchev–Trinajstić information content (AvgIpc) is 2.94. The highest BCUT2D eigenvalue weighted by molar-refractivity contribution is 6.56. The van der Waals surface area contributed by atoms with Crippen LogP contribution in [0.15, 0.2) is 48.5 Å². The molecule has 3 heteroatoms. The number of nitrogens with one attached hydrogen (secondary N) is 1. The number of Topliss-reactive ketones (excluding diaryl/α,β-unsaturated/α-hetero) is 1. The zero-order valence-electron chi connectivity index (χ0n) is 12.6. The first-order valence-electron chi connectivity index (χ1n) is 7.27. The summed E-state index contributed by atoms with van der Waals surface area (Å²) in [7, 11) is 0. The van der Waals surface area contributed by atoms with Gasteiger partial charge in [0.05, 0.1) is 0 Å². The van der Waals surface area contributed by atoms with Crippen LogP contribution in [0.3, 0.4) is 0 Å². The number of carbonyl (C=O) groups is 2. The lowest BCUT2D eigenvalue weighted by Gasteiger charge is -2.08. The number of hydrogen-bond acceptors (Lipinski definition) is 2. The number of fused-ring (bicyclic) bond motifs is 1. The van der Waals surface area contributed by atoms with Crippen LogP contribution in [0.2, 0.25) is 0 Å². The smallest absolute Gasteiger partial charge is 0.296 e. The highest BCUT2D eigenvalue weighted by atomic mass is 16.2. The first kappa shape index (κ1) is 14.3. The van der Waals surface area contributed by atoms with Gasteiger partial charge in [0.2, 0.25) is 0 Å². The van der Waals surface area contributed by atoms with Gasteiger partial charge in [-0.15, -0.1) is 0 Å². The molecule has 110 valence electrons. The molecule has 0 saturated carbocycles. The molecular weight excluding hydrogens is 274 g/mol. The fourth-order valence-corrected chi connectivity index (χ4v) is 2.63. The Bertz CT molecular complexity index is 803. The van der Waals surface area contributed by atoms with Gasteiger partial charge in [-0.05, 0) is 54.7 Å². The highest BCUT2D eigenvalue weighted by Gasteiger charge is 2.25. The van der Waals surface area contributed by atoms with E-state index in [0.29, 0.717) is 17.7 Å². The molecule has 0 heterocycles. The molecule has 1 amide bonds. The normalized spacial score (nSPS) is 12.5. The number of carbonyl (C=O) groups excluding carboxylic acids is 2. The van der Waals surface area contributed by atoms with Gasteiger partial charge >= 0.3 is 0 Å². The molecule has 0 aromatic heterocycles. The van der Waals surface area contributed by atoms with Crippen molar-refractivity contribution in [3.63, 3.8) is 0 Å². The van der Waals surface area contributed by atoms with Gasteiger partial charge in [-0.25, -0.2) is 0 Å². The maximum atomic E-state index is 12.4. The fourth-order valence-electron chi connectivity index (χ4n) is 2.63. The van der Waals surface area contributed by atoms with Gasteiger partial charge in [0.15, 0.2) is 0 Å². The van der Waals surface area contributed by atoms with E-state index >= 15 is 0 Å². The largest absolute Gasteiger partial charge is 0.319 e. The number of amides is 1. The van der Waals surface area contributed by atoms with E-state index in [9.17, 15) is 9.59 Å². The summed E-state index contributed by atoms with van der Waals surface area (Å²) < 4.78 is 0. The van der Waals surface area contributed by atoms with Gasteiger partial charge in [-0.1, -0.05) is 36.4 Å². The molecule has 0 spiro atoms. The van der Waals surface area contributed by atoms with E-state index in [2.05, 4.69) is 5.32 Å². The second kappa shape index (κ2) is 5.60. The SMILES string of the molecule is Cc1ccc(NC(=O)C(=O)C2=CCc3ccccc32)cc1C. The maximum Gasteiger partial charge on any atom is 0.296 e. The van der Waals surface area contributed by atoms with E-state index in [1.807, 2.05) is 62.4 Å². The molecule has 0 bridgehead atoms. The van der Waals surface area contributed by atoms with Crippen LogP contribution in [0, 0.1) is 13.8 Å². The molecule has 0 fully saturated rings. The van der Waals surface area contributed by atoms with Crippen molar-refractivity contribution >= 4 is 23.0 Å². The predicted octanol–water partition coefficient (Wildman–Crippen LogP) is 3.45. The summed E-state index contributed by atoms with van der Waals surface area (Å²) >= 11 is 0. The van der Waals surface area contributed by atoms with Crippen LogP contribution in [0.5, 0.6) is 0 Å². The molecule has 0 aliphatic heterocycles. The van der Waals surface area contributed by atoms with Crippen LogP contribution < -0.4 is 5.32 Å². The Morgan fingerprint density at radius 2 is 1.77 bits per heavy atom. The van der Waals surface area contributed by atoms with E-state index in [-0.39, 0.29) is 0 Å². The van der Waals surface area contributed by atoms with Crippen LogP contribution in [-0.2, 0) is 16.0 Å². The molecule has 3 nitrogen and oxygen atoms in total. The van der Waals surface area contributed by atoms with Crippen molar-refractivity contribution in [2.24, 2.45) is 0 Å². The minimum absolute atomic E-state index is 0.483. The van der Waals surface area contributed by atoms with E-state index in [1.54, 1.807) is 0 Å². The minimum atomic E-state index is -0.591. The molecule has 0 unspecified atom stereocenters. The van der Waals surface area contributed by atoms with Crippen LogP contribution in [-0.4, -0.2) is 11.7 Å². The van der Waals surface area contributed by atoms with Crippen molar-refractivity contribution in [2.75, 3.05) is 5.32 Å². The molecule has 22 heavy (non-hydrogen) atoms. The van der Waals surface area contributed by atoms with E-state index < -0.39 is 11.7 Å². The Labute approximate surface area is 129 Å². The monoisotopic (exact) mass is 291 g/mol. The molecule has 1 N–H and O–H groups in total. The fraction of sp³-hybridized carbons (Fsp3) is 0.158. The third-order valence-corrected chi connectivity index (χ3v) is 4.05. The minimum Gasteiger partial charge on any atom is -0.319 e. The molecule has 1 aliphatic carbocycles. The zero-order valence-corrected chi connectivity index (χ0v) is 12.6. The molecule has 0 saturated heterocycles. The maximum absolute atomic E-state index is 12.4. The van der Waals surface area contributed by atoms with Gasteiger partial charge < -0.3 is 5.32 Å². The van der Waals surface area contributed by atoms with Crippen molar-refractivity contribution in [1.29, 1.82) is 0 Å². The summed E-state index contributed by atoms with van der Waals surface area (Å²) in [4.78, 5) is 24.6. The summed E-state index contributed by atoms with van der Waals surface area (Å²) in [6, 6.07) is 13.3. The summed E-state index contributed by atoms with van der Waals surface area (Å²) in [6.07, 6.45) is 2.53. The van der Waals surface area contributed by atoms with Gasteiger partial charge in [0.1, 0.15) is 0 Å². The third kappa shape index (κ3) is 2.58. The quantitative estimate of drug-likeness (QED) is 0.880. The van der Waals surface area contributed by atoms with Crippen molar-refractivity contribution in [3.05, 3.63) is 70.8 Å². The molecule has 2 aromatic carbocycles. The second-order valence-electron chi connectivity index (χ2n) is 5.56. The standard InChI is InChI=1S/C19H17NO2/c1-12-7-9-15(11-13(12)2)20-19(22)18(21)17-10-8-14-5-3-4-6-16(14)17/h3-7,9-11H,8H2,1-2H3,(H,20,22). The summed E-state index contributed by atoms with van der Waals surface area (Å²) in [6.45, 7) is 3.98. The lowest BCUT2D eigenvalue weighted by molar-refractivity contribution is -0.131.